The molecule has 0 aromatic heterocycles. The van der Waals surface area contributed by atoms with Gasteiger partial charge in [0.05, 0.1) is 13.2 Å². The van der Waals surface area contributed by atoms with Crippen LogP contribution in [0.3, 0.4) is 0 Å². The fourth-order valence-corrected chi connectivity index (χ4v) is 1.71. The van der Waals surface area contributed by atoms with Gasteiger partial charge in [-0.2, -0.15) is 0 Å². The highest BCUT2D eigenvalue weighted by molar-refractivity contribution is 5.78. The SMILES string of the molecule is COC1=NC(c2ccc(F)cc2F)CC1. The van der Waals surface area contributed by atoms with Gasteiger partial charge in [0.25, 0.3) is 0 Å². The van der Waals surface area contributed by atoms with E-state index in [-0.39, 0.29) is 6.04 Å². The first-order valence-corrected chi connectivity index (χ1v) is 4.76. The molecule has 1 unspecified atom stereocenters. The Kier molecular flexibility index (Phi) is 2.66. The summed E-state index contributed by atoms with van der Waals surface area (Å²) in [5.74, 6) is -0.477. The van der Waals surface area contributed by atoms with Gasteiger partial charge in [-0.3, -0.25) is 0 Å². The second-order valence-electron chi connectivity index (χ2n) is 3.45. The Hall–Kier alpha value is -1.45. The molecule has 0 N–H and O–H groups in total. The van der Waals surface area contributed by atoms with Crippen LogP contribution in [-0.4, -0.2) is 13.0 Å². The Labute approximate surface area is 86.6 Å². The number of halogens is 2. The molecule has 4 heteroatoms. The van der Waals surface area contributed by atoms with Crippen molar-refractivity contribution in [2.45, 2.75) is 18.9 Å². The van der Waals surface area contributed by atoms with Gasteiger partial charge in [0, 0.05) is 18.1 Å². The molecule has 2 rings (SSSR count). The standard InChI is InChI=1S/C11H11F2NO/c1-15-11-5-4-10(14-11)8-3-2-7(12)6-9(8)13/h2-3,6,10H,4-5H2,1H3. The second kappa shape index (κ2) is 3.96. The summed E-state index contributed by atoms with van der Waals surface area (Å²) in [6.45, 7) is 0. The number of hydrogen-bond acceptors (Lipinski definition) is 2. The van der Waals surface area contributed by atoms with E-state index in [4.69, 9.17) is 4.74 Å². The molecule has 1 heterocycles. The predicted octanol–water partition coefficient (Wildman–Crippen LogP) is 2.84. The molecule has 0 saturated carbocycles. The summed E-state index contributed by atoms with van der Waals surface area (Å²) < 4.78 is 31.0. The molecule has 1 aromatic carbocycles. The number of nitrogens with zero attached hydrogens (tertiary/aromatic N) is 1. The van der Waals surface area contributed by atoms with Gasteiger partial charge >= 0.3 is 0 Å². The fraction of sp³-hybridized carbons (Fsp3) is 0.364. The highest BCUT2D eigenvalue weighted by Gasteiger charge is 2.22. The van der Waals surface area contributed by atoms with Crippen molar-refractivity contribution in [2.24, 2.45) is 4.99 Å². The number of benzene rings is 1. The van der Waals surface area contributed by atoms with Crippen molar-refractivity contribution in [1.29, 1.82) is 0 Å². The van der Waals surface area contributed by atoms with Crippen molar-refractivity contribution in [3.63, 3.8) is 0 Å². The topological polar surface area (TPSA) is 21.6 Å². The van der Waals surface area contributed by atoms with Crippen molar-refractivity contribution in [3.8, 4) is 0 Å². The molecule has 0 saturated heterocycles. The minimum absolute atomic E-state index is 0.236. The van der Waals surface area contributed by atoms with E-state index >= 15 is 0 Å². The van der Waals surface area contributed by atoms with Crippen LogP contribution < -0.4 is 0 Å². The van der Waals surface area contributed by atoms with E-state index in [0.717, 1.165) is 6.07 Å². The van der Waals surface area contributed by atoms with Crippen LogP contribution in [0, 0.1) is 11.6 Å². The number of ether oxygens (including phenoxy) is 1. The lowest BCUT2D eigenvalue weighted by atomic mass is 10.0. The van der Waals surface area contributed by atoms with Gasteiger partial charge in [0.1, 0.15) is 11.6 Å². The molecule has 1 aromatic rings. The zero-order chi connectivity index (χ0) is 10.8. The number of methoxy groups -OCH3 is 1. The Morgan fingerprint density at radius 1 is 1.40 bits per heavy atom. The van der Waals surface area contributed by atoms with Crippen LogP contribution in [0.1, 0.15) is 24.4 Å². The van der Waals surface area contributed by atoms with Crippen molar-refractivity contribution < 1.29 is 13.5 Å². The predicted molar refractivity (Wildman–Crippen MR) is 52.8 cm³/mol. The second-order valence-corrected chi connectivity index (χ2v) is 3.45. The summed E-state index contributed by atoms with van der Waals surface area (Å²) in [5, 5.41) is 0. The molecule has 0 bridgehead atoms. The molecule has 0 aliphatic carbocycles. The lowest BCUT2D eigenvalue weighted by molar-refractivity contribution is 0.395. The Morgan fingerprint density at radius 3 is 2.80 bits per heavy atom. The van der Waals surface area contributed by atoms with E-state index < -0.39 is 11.6 Å². The Balaban J connectivity index is 2.27. The van der Waals surface area contributed by atoms with Crippen molar-refractivity contribution in [2.75, 3.05) is 7.11 Å². The van der Waals surface area contributed by atoms with Crippen LogP contribution in [0.4, 0.5) is 8.78 Å². The minimum Gasteiger partial charge on any atom is -0.484 e. The molecule has 15 heavy (non-hydrogen) atoms. The molecule has 1 atom stereocenters. The summed E-state index contributed by atoms with van der Waals surface area (Å²) in [6.07, 6.45) is 1.42. The number of aliphatic imine (C=N–C) groups is 1. The largest absolute Gasteiger partial charge is 0.484 e. The Morgan fingerprint density at radius 2 is 2.20 bits per heavy atom. The van der Waals surface area contributed by atoms with Gasteiger partial charge < -0.3 is 4.74 Å². The number of rotatable bonds is 1. The normalized spacial score (nSPS) is 20.2. The van der Waals surface area contributed by atoms with Gasteiger partial charge in [0.2, 0.25) is 0 Å². The summed E-state index contributed by atoms with van der Waals surface area (Å²) >= 11 is 0. The average molecular weight is 211 g/mol. The van der Waals surface area contributed by atoms with E-state index in [1.807, 2.05) is 0 Å². The van der Waals surface area contributed by atoms with Gasteiger partial charge in [-0.15, -0.1) is 0 Å². The third kappa shape index (κ3) is 1.98. The third-order valence-corrected chi connectivity index (χ3v) is 2.49. The first-order chi connectivity index (χ1) is 7.20. The molecule has 0 radical (unpaired) electrons. The molecule has 0 fully saturated rings. The number of hydrogen-bond donors (Lipinski definition) is 0. The smallest absolute Gasteiger partial charge is 0.183 e. The van der Waals surface area contributed by atoms with E-state index in [9.17, 15) is 8.78 Å². The van der Waals surface area contributed by atoms with Gasteiger partial charge in [-0.25, -0.2) is 13.8 Å². The zero-order valence-electron chi connectivity index (χ0n) is 8.34. The van der Waals surface area contributed by atoms with E-state index in [1.165, 1.54) is 12.1 Å². The first-order valence-electron chi connectivity index (χ1n) is 4.76. The summed E-state index contributed by atoms with van der Waals surface area (Å²) in [7, 11) is 1.54. The van der Waals surface area contributed by atoms with Crippen molar-refractivity contribution in [3.05, 3.63) is 35.4 Å². The zero-order valence-corrected chi connectivity index (χ0v) is 8.34. The van der Waals surface area contributed by atoms with Gasteiger partial charge in [0.15, 0.2) is 5.90 Å². The minimum atomic E-state index is -0.565. The maximum Gasteiger partial charge on any atom is 0.183 e. The lowest BCUT2D eigenvalue weighted by Crippen LogP contribution is -1.96. The van der Waals surface area contributed by atoms with E-state index in [1.54, 1.807) is 7.11 Å². The highest BCUT2D eigenvalue weighted by Crippen LogP contribution is 2.30. The van der Waals surface area contributed by atoms with Crippen molar-refractivity contribution >= 4 is 5.90 Å². The van der Waals surface area contributed by atoms with Crippen LogP contribution in [0.5, 0.6) is 0 Å². The molecule has 80 valence electrons. The maximum absolute atomic E-state index is 13.4. The van der Waals surface area contributed by atoms with Crippen LogP contribution in [0.2, 0.25) is 0 Å². The molecule has 0 spiro atoms. The first kappa shape index (κ1) is 10.1. The quantitative estimate of drug-likeness (QED) is 0.700. The van der Waals surface area contributed by atoms with Gasteiger partial charge in [-0.05, 0) is 12.5 Å². The maximum atomic E-state index is 13.4. The van der Waals surface area contributed by atoms with Gasteiger partial charge in [-0.1, -0.05) is 6.07 Å². The monoisotopic (exact) mass is 211 g/mol. The summed E-state index contributed by atoms with van der Waals surface area (Å²) in [6, 6.07) is 3.34. The lowest BCUT2D eigenvalue weighted by Gasteiger charge is -2.07. The molecule has 2 nitrogen and oxygen atoms in total. The highest BCUT2D eigenvalue weighted by atomic mass is 19.1. The van der Waals surface area contributed by atoms with Crippen LogP contribution in [-0.2, 0) is 4.74 Å². The summed E-state index contributed by atoms with van der Waals surface area (Å²) in [5.41, 5.74) is 0.434. The average Bonchev–Trinajstić information content (AvgIpc) is 2.66. The van der Waals surface area contributed by atoms with E-state index in [2.05, 4.69) is 4.99 Å². The van der Waals surface area contributed by atoms with Crippen molar-refractivity contribution in [1.82, 2.24) is 0 Å². The molecule has 1 aliphatic heterocycles. The molecular weight excluding hydrogens is 200 g/mol. The third-order valence-electron chi connectivity index (χ3n) is 2.49. The van der Waals surface area contributed by atoms with Crippen LogP contribution in [0.25, 0.3) is 0 Å². The molecule has 1 aliphatic rings. The fourth-order valence-electron chi connectivity index (χ4n) is 1.71. The van der Waals surface area contributed by atoms with E-state index in [0.29, 0.717) is 24.3 Å². The summed E-state index contributed by atoms with van der Waals surface area (Å²) in [4.78, 5) is 4.20. The molecular formula is C11H11F2NO. The van der Waals surface area contributed by atoms with Crippen LogP contribution in [0.15, 0.2) is 23.2 Å². The molecule has 0 amide bonds. The van der Waals surface area contributed by atoms with Crippen LogP contribution >= 0.6 is 0 Å². The Bertz CT molecular complexity index is 404.